The van der Waals surface area contributed by atoms with Gasteiger partial charge in [0.15, 0.2) is 17.3 Å². The van der Waals surface area contributed by atoms with Crippen molar-refractivity contribution in [2.45, 2.75) is 13.5 Å². The van der Waals surface area contributed by atoms with Crippen molar-refractivity contribution < 1.29 is 23.6 Å². The molecule has 0 unspecified atom stereocenters. The number of non-ortho nitro benzene ring substituents is 1. The molecule has 36 heavy (non-hydrogen) atoms. The number of hydrogen-bond acceptors (Lipinski definition) is 7. The number of nitro benzene ring substituents is 1. The molecule has 0 aliphatic rings. The molecule has 0 saturated carbocycles. The summed E-state index contributed by atoms with van der Waals surface area (Å²) in [6.07, 6.45) is 1.44. The third-order valence-electron chi connectivity index (χ3n) is 4.98. The van der Waals surface area contributed by atoms with Gasteiger partial charge in [0.2, 0.25) is 0 Å². The van der Waals surface area contributed by atoms with Crippen molar-refractivity contribution in [2.24, 2.45) is 5.10 Å². The molecule has 0 radical (unpaired) electrons. The molecule has 0 fully saturated rings. The van der Waals surface area contributed by atoms with Crippen LogP contribution in [-0.4, -0.2) is 23.7 Å². The Hall–Kier alpha value is -4.08. The molecule has 0 aliphatic carbocycles. The fourth-order valence-corrected chi connectivity index (χ4v) is 3.73. The Morgan fingerprint density at radius 2 is 1.92 bits per heavy atom. The van der Waals surface area contributed by atoms with Crippen LogP contribution in [0.4, 0.5) is 5.69 Å². The highest BCUT2D eigenvalue weighted by molar-refractivity contribution is 6.35. The Morgan fingerprint density at radius 3 is 2.67 bits per heavy atom. The number of fused-ring (bicyclic) bond motifs is 1. The van der Waals surface area contributed by atoms with Gasteiger partial charge in [0.25, 0.3) is 5.69 Å². The van der Waals surface area contributed by atoms with E-state index in [4.69, 9.17) is 37.1 Å². The Balaban J connectivity index is 1.43. The van der Waals surface area contributed by atoms with Gasteiger partial charge in [0.05, 0.1) is 17.7 Å². The molecule has 184 valence electrons. The van der Waals surface area contributed by atoms with E-state index in [0.717, 1.165) is 5.56 Å². The quantitative estimate of drug-likeness (QED) is 0.153. The summed E-state index contributed by atoms with van der Waals surface area (Å²) in [6, 6.07) is 15.9. The van der Waals surface area contributed by atoms with Gasteiger partial charge >= 0.3 is 5.91 Å². The molecule has 3 aromatic carbocycles. The van der Waals surface area contributed by atoms with Crippen LogP contribution in [0.5, 0.6) is 11.5 Å². The van der Waals surface area contributed by atoms with Crippen molar-refractivity contribution in [1.29, 1.82) is 0 Å². The van der Waals surface area contributed by atoms with Crippen LogP contribution < -0.4 is 14.9 Å². The van der Waals surface area contributed by atoms with Crippen molar-refractivity contribution in [3.05, 3.63) is 97.7 Å². The molecule has 0 saturated heterocycles. The van der Waals surface area contributed by atoms with Gasteiger partial charge in [-0.2, -0.15) is 5.10 Å². The predicted molar refractivity (Wildman–Crippen MR) is 136 cm³/mol. The molecule has 0 bridgehead atoms. The van der Waals surface area contributed by atoms with Crippen LogP contribution >= 0.6 is 23.2 Å². The van der Waals surface area contributed by atoms with Crippen molar-refractivity contribution in [3.8, 4) is 11.5 Å². The molecule has 1 N–H and O–H groups in total. The van der Waals surface area contributed by atoms with Crippen molar-refractivity contribution in [1.82, 2.24) is 5.43 Å². The fourth-order valence-electron chi connectivity index (χ4n) is 3.26. The van der Waals surface area contributed by atoms with Gasteiger partial charge in [-0.1, -0.05) is 29.3 Å². The van der Waals surface area contributed by atoms with E-state index in [-0.39, 0.29) is 18.1 Å². The maximum absolute atomic E-state index is 12.4. The molecule has 9 nitrogen and oxygen atoms in total. The number of rotatable bonds is 9. The lowest BCUT2D eigenvalue weighted by atomic mass is 10.2. The second-order valence-electron chi connectivity index (χ2n) is 7.45. The Labute approximate surface area is 215 Å². The van der Waals surface area contributed by atoms with E-state index in [1.807, 2.05) is 6.92 Å². The van der Waals surface area contributed by atoms with Crippen LogP contribution in [0.1, 0.15) is 28.6 Å². The average molecular weight is 528 g/mol. The van der Waals surface area contributed by atoms with Crippen LogP contribution in [0.3, 0.4) is 0 Å². The third kappa shape index (κ3) is 5.94. The zero-order chi connectivity index (χ0) is 25.7. The molecular weight excluding hydrogens is 509 g/mol. The molecule has 4 rings (SSSR count). The molecular formula is C25H19Cl2N3O6. The smallest absolute Gasteiger partial charge is 0.307 e. The summed E-state index contributed by atoms with van der Waals surface area (Å²) in [5, 5.41) is 16.4. The number of ether oxygens (including phenoxy) is 2. The van der Waals surface area contributed by atoms with E-state index in [9.17, 15) is 14.9 Å². The van der Waals surface area contributed by atoms with Crippen molar-refractivity contribution in [2.75, 3.05) is 6.61 Å². The Morgan fingerprint density at radius 1 is 1.08 bits per heavy atom. The zero-order valence-electron chi connectivity index (χ0n) is 18.9. The molecule has 0 aliphatic heterocycles. The topological polar surface area (TPSA) is 116 Å². The third-order valence-corrected chi connectivity index (χ3v) is 5.57. The minimum absolute atomic E-state index is 0.0257. The van der Waals surface area contributed by atoms with Gasteiger partial charge in [-0.15, -0.1) is 0 Å². The van der Waals surface area contributed by atoms with Crippen molar-refractivity contribution >= 4 is 52.0 Å². The van der Waals surface area contributed by atoms with Gasteiger partial charge in [-0.25, -0.2) is 5.43 Å². The Bertz CT molecular complexity index is 1470. The SMILES string of the molecule is CCOc1cc(/C=N\NC(=O)c2cc3cc([N+](=O)[O-])ccc3o2)ccc1OCc1ccc(Cl)cc1Cl. The normalized spacial score (nSPS) is 11.1. The lowest BCUT2D eigenvalue weighted by Gasteiger charge is -2.13. The standard InChI is InChI=1S/C25H19Cl2N3O6/c1-2-34-23-9-15(3-7-22(23)35-14-16-4-5-18(26)12-20(16)27)13-28-29-25(31)24-11-17-10-19(30(32)33)6-8-21(17)36-24/h3-13H,2,14H2,1H3,(H,29,31)/b28-13-. The van der Waals surface area contributed by atoms with E-state index in [1.165, 1.54) is 30.5 Å². The predicted octanol–water partition coefficient (Wildman–Crippen LogP) is 6.39. The number of amides is 1. The zero-order valence-corrected chi connectivity index (χ0v) is 20.4. The first-order valence-corrected chi connectivity index (χ1v) is 11.4. The van der Waals surface area contributed by atoms with E-state index >= 15 is 0 Å². The van der Waals surface area contributed by atoms with E-state index in [0.29, 0.717) is 44.7 Å². The molecule has 1 heterocycles. The number of nitrogens with zero attached hydrogens (tertiary/aromatic N) is 2. The summed E-state index contributed by atoms with van der Waals surface area (Å²) < 4.78 is 17.0. The summed E-state index contributed by atoms with van der Waals surface area (Å²) in [6.45, 7) is 2.49. The Kier molecular flexibility index (Phi) is 7.72. The first-order valence-electron chi connectivity index (χ1n) is 10.7. The maximum atomic E-state index is 12.4. The lowest BCUT2D eigenvalue weighted by Crippen LogP contribution is -2.16. The van der Waals surface area contributed by atoms with Crippen LogP contribution in [0, 0.1) is 10.1 Å². The monoisotopic (exact) mass is 527 g/mol. The number of benzene rings is 3. The molecule has 1 aromatic heterocycles. The summed E-state index contributed by atoms with van der Waals surface area (Å²) in [5.74, 6) is 0.384. The molecule has 0 atom stereocenters. The number of nitrogens with one attached hydrogen (secondary N) is 1. The fraction of sp³-hybridized carbons (Fsp3) is 0.120. The van der Waals surface area contributed by atoms with Crippen LogP contribution in [-0.2, 0) is 6.61 Å². The summed E-state index contributed by atoms with van der Waals surface area (Å²) in [7, 11) is 0. The lowest BCUT2D eigenvalue weighted by molar-refractivity contribution is -0.384. The van der Waals surface area contributed by atoms with Crippen LogP contribution in [0.15, 0.2) is 70.2 Å². The van der Waals surface area contributed by atoms with Gasteiger partial charge in [-0.05, 0) is 55.0 Å². The second kappa shape index (κ2) is 11.1. The maximum Gasteiger partial charge on any atom is 0.307 e. The number of hydrogen-bond donors (Lipinski definition) is 1. The highest BCUT2D eigenvalue weighted by Crippen LogP contribution is 2.30. The summed E-state index contributed by atoms with van der Waals surface area (Å²) >= 11 is 12.1. The van der Waals surface area contributed by atoms with Gasteiger partial charge in [0, 0.05) is 33.1 Å². The number of furan rings is 1. The average Bonchev–Trinajstić information content (AvgIpc) is 3.28. The van der Waals surface area contributed by atoms with Crippen LogP contribution in [0.2, 0.25) is 10.0 Å². The van der Waals surface area contributed by atoms with E-state index in [1.54, 1.807) is 36.4 Å². The number of hydrazone groups is 1. The minimum atomic E-state index is -0.602. The summed E-state index contributed by atoms with van der Waals surface area (Å²) in [4.78, 5) is 22.8. The number of carbonyl (C=O) groups excluding carboxylic acids is 1. The van der Waals surface area contributed by atoms with Crippen molar-refractivity contribution in [3.63, 3.8) is 0 Å². The first kappa shape index (κ1) is 25.0. The molecule has 4 aromatic rings. The largest absolute Gasteiger partial charge is 0.490 e. The number of carbonyl (C=O) groups is 1. The van der Waals surface area contributed by atoms with E-state index < -0.39 is 10.8 Å². The van der Waals surface area contributed by atoms with E-state index in [2.05, 4.69) is 10.5 Å². The molecule has 1 amide bonds. The highest BCUT2D eigenvalue weighted by atomic mass is 35.5. The highest BCUT2D eigenvalue weighted by Gasteiger charge is 2.15. The molecule has 11 heteroatoms. The molecule has 0 spiro atoms. The summed E-state index contributed by atoms with van der Waals surface area (Å²) in [5.41, 5.74) is 4.06. The first-order chi connectivity index (χ1) is 17.3. The second-order valence-corrected chi connectivity index (χ2v) is 8.30. The van der Waals surface area contributed by atoms with Gasteiger partial charge in [-0.3, -0.25) is 14.9 Å². The minimum Gasteiger partial charge on any atom is -0.490 e. The van der Waals surface area contributed by atoms with Gasteiger partial charge < -0.3 is 13.9 Å². The van der Waals surface area contributed by atoms with Crippen LogP contribution in [0.25, 0.3) is 11.0 Å². The number of halogens is 2. The number of nitro groups is 1. The van der Waals surface area contributed by atoms with Gasteiger partial charge in [0.1, 0.15) is 12.2 Å².